The molecule has 6 rings (SSSR count). The van der Waals surface area contributed by atoms with E-state index >= 15 is 4.39 Å². The summed E-state index contributed by atoms with van der Waals surface area (Å²) in [6.07, 6.45) is 2.97. The summed E-state index contributed by atoms with van der Waals surface area (Å²) in [5, 5.41) is 6.37. The molecule has 252 valence electrons. The van der Waals surface area contributed by atoms with Gasteiger partial charge < -0.3 is 30.6 Å². The van der Waals surface area contributed by atoms with Crippen molar-refractivity contribution in [2.45, 2.75) is 101 Å². The first kappa shape index (κ1) is 32.8. The average molecular weight is 666 g/mol. The quantitative estimate of drug-likeness (QED) is 0.387. The number of nitrogens with two attached hydrogens (primary N) is 1. The maximum absolute atomic E-state index is 15.7. The number of alkyl halides is 2. The van der Waals surface area contributed by atoms with E-state index in [0.29, 0.717) is 61.3 Å². The van der Waals surface area contributed by atoms with Gasteiger partial charge in [-0.1, -0.05) is 13.8 Å². The van der Waals surface area contributed by atoms with Gasteiger partial charge >= 0.3 is 0 Å². The van der Waals surface area contributed by atoms with Gasteiger partial charge in [-0.2, -0.15) is 0 Å². The minimum absolute atomic E-state index is 0.00824. The summed E-state index contributed by atoms with van der Waals surface area (Å²) in [5.41, 5.74) is 7.32. The molecule has 0 atom stereocenters. The van der Waals surface area contributed by atoms with Crippen molar-refractivity contribution in [1.82, 2.24) is 14.8 Å². The molecule has 1 aliphatic carbocycles. The number of ether oxygens (including phenoxy) is 1. The maximum atomic E-state index is 15.7. The summed E-state index contributed by atoms with van der Waals surface area (Å²) >= 11 is 0. The van der Waals surface area contributed by atoms with Crippen LogP contribution in [-0.4, -0.2) is 73.1 Å². The molecule has 0 unspecified atom stereocenters. The van der Waals surface area contributed by atoms with Gasteiger partial charge in [0.15, 0.2) is 9.84 Å². The van der Waals surface area contributed by atoms with Crippen LogP contribution in [0.4, 0.5) is 18.9 Å². The Balaban J connectivity index is 1.16. The lowest BCUT2D eigenvalue weighted by Crippen LogP contribution is -2.43. The van der Waals surface area contributed by atoms with Crippen LogP contribution in [0, 0.1) is 11.2 Å². The number of amides is 2. The Kier molecular flexibility index (Phi) is 8.68. The lowest BCUT2D eigenvalue weighted by Gasteiger charge is -2.33. The number of rotatable bonds is 8. The molecule has 2 amide bonds. The van der Waals surface area contributed by atoms with Crippen LogP contribution in [0.15, 0.2) is 17.0 Å². The van der Waals surface area contributed by atoms with Crippen LogP contribution in [0.5, 0.6) is 0 Å². The molecule has 0 bridgehead atoms. The fourth-order valence-electron chi connectivity index (χ4n) is 7.54. The second-order valence-corrected chi connectivity index (χ2v) is 16.0. The zero-order chi connectivity index (χ0) is 33.0. The molecule has 0 radical (unpaired) electrons. The lowest BCUT2D eigenvalue weighted by molar-refractivity contribution is -0.122. The zero-order valence-corrected chi connectivity index (χ0v) is 27.1. The van der Waals surface area contributed by atoms with Crippen LogP contribution < -0.4 is 16.4 Å². The second kappa shape index (κ2) is 12.2. The average Bonchev–Trinajstić information content (AvgIpc) is 3.52. The van der Waals surface area contributed by atoms with E-state index in [1.165, 1.54) is 6.07 Å². The number of primary amides is 1. The number of halogens is 3. The summed E-state index contributed by atoms with van der Waals surface area (Å²) in [7, 11) is -3.60. The standard InChI is InChI=1S/C32H42F3N5O5S/c1-31(2)15-25-29(46(43,44)18-31)22-16-45-17-26(22)40(25)21-13-23(33)28(30(36)42)24(14-21)37-19-3-5-20(6-4-19)38-27(41)7-10-39-11-8-32(34,35)9-12-39/h13-14,19-20,37H,3-12,15-18H2,1-2H3,(H2,36,42)(H,38,41). The van der Waals surface area contributed by atoms with Gasteiger partial charge in [0.25, 0.3) is 11.8 Å². The molecule has 4 N–H and O–H groups in total. The minimum atomic E-state index is -3.60. The first-order chi connectivity index (χ1) is 21.6. The molecule has 2 aromatic rings. The molecule has 4 aliphatic rings. The summed E-state index contributed by atoms with van der Waals surface area (Å²) in [4.78, 5) is 27.1. The van der Waals surface area contributed by atoms with Crippen LogP contribution >= 0.6 is 0 Å². The fourth-order valence-corrected chi connectivity index (χ4v) is 9.88. The number of carbonyl (C=O) groups is 2. The fraction of sp³-hybridized carbons (Fsp3) is 0.625. The van der Waals surface area contributed by atoms with Crippen LogP contribution in [0.3, 0.4) is 0 Å². The van der Waals surface area contributed by atoms with Crippen LogP contribution in [0.25, 0.3) is 5.69 Å². The number of hydrogen-bond donors (Lipinski definition) is 3. The Labute approximate surface area is 267 Å². The molecule has 14 heteroatoms. The minimum Gasteiger partial charge on any atom is -0.382 e. The van der Waals surface area contributed by atoms with Crippen molar-refractivity contribution in [2.24, 2.45) is 11.1 Å². The Morgan fingerprint density at radius 2 is 1.72 bits per heavy atom. The topological polar surface area (TPSA) is 136 Å². The van der Waals surface area contributed by atoms with Gasteiger partial charge in [0.05, 0.1) is 46.5 Å². The number of nitrogens with zero attached hydrogens (tertiary/aromatic N) is 2. The van der Waals surface area contributed by atoms with Gasteiger partial charge in [-0.3, -0.25) is 9.59 Å². The summed E-state index contributed by atoms with van der Waals surface area (Å²) in [5.74, 6) is -4.45. The van der Waals surface area contributed by atoms with Gasteiger partial charge in [0.2, 0.25) is 5.91 Å². The number of carbonyl (C=O) groups excluding carboxylic acids is 2. The Hall–Kier alpha value is -3.10. The Bertz CT molecular complexity index is 1640. The number of anilines is 1. The van der Waals surface area contributed by atoms with Crippen molar-refractivity contribution in [3.63, 3.8) is 0 Å². The first-order valence-electron chi connectivity index (χ1n) is 16.0. The van der Waals surface area contributed by atoms with Crippen LogP contribution in [0.1, 0.15) is 86.1 Å². The monoisotopic (exact) mass is 665 g/mol. The third-order valence-electron chi connectivity index (χ3n) is 9.72. The predicted octanol–water partition coefficient (Wildman–Crippen LogP) is 4.06. The molecule has 46 heavy (non-hydrogen) atoms. The molecule has 1 aromatic carbocycles. The summed E-state index contributed by atoms with van der Waals surface area (Å²) in [6, 6.07) is 2.71. The molecule has 4 heterocycles. The van der Waals surface area contributed by atoms with E-state index in [2.05, 4.69) is 10.6 Å². The van der Waals surface area contributed by atoms with Crippen LogP contribution in [0.2, 0.25) is 0 Å². The molecule has 2 fully saturated rings. The van der Waals surface area contributed by atoms with Crippen molar-refractivity contribution < 1.29 is 35.9 Å². The highest BCUT2D eigenvalue weighted by atomic mass is 32.2. The van der Waals surface area contributed by atoms with Gasteiger partial charge in [-0.05, 0) is 49.7 Å². The Morgan fingerprint density at radius 3 is 2.39 bits per heavy atom. The van der Waals surface area contributed by atoms with E-state index in [1.54, 1.807) is 10.6 Å². The summed E-state index contributed by atoms with van der Waals surface area (Å²) in [6.45, 7) is 5.15. The second-order valence-electron chi connectivity index (χ2n) is 14.1. The smallest absolute Gasteiger partial charge is 0.253 e. The number of piperidine rings is 1. The van der Waals surface area contributed by atoms with Crippen molar-refractivity contribution in [2.75, 3.05) is 30.7 Å². The SMILES string of the molecule is CC1(C)Cc2c(c3c(n2-c2cc(F)c(C(N)=O)c(NC4CCC(NC(=O)CCN5CCC(F)(F)CC5)CC4)c2)COC3)S(=O)(=O)C1. The first-order valence-corrected chi connectivity index (χ1v) is 17.6. The van der Waals surface area contributed by atoms with Crippen molar-refractivity contribution in [1.29, 1.82) is 0 Å². The van der Waals surface area contributed by atoms with Gasteiger partial charge in [-0.15, -0.1) is 0 Å². The van der Waals surface area contributed by atoms with E-state index in [0.717, 1.165) is 0 Å². The number of likely N-dealkylation sites (tertiary alicyclic amines) is 1. The van der Waals surface area contributed by atoms with E-state index in [1.807, 2.05) is 18.7 Å². The molecule has 1 saturated heterocycles. The maximum Gasteiger partial charge on any atom is 0.253 e. The van der Waals surface area contributed by atoms with Crippen LogP contribution in [-0.2, 0) is 39.0 Å². The van der Waals surface area contributed by atoms with E-state index in [9.17, 15) is 26.8 Å². The number of fused-ring (bicyclic) bond motifs is 3. The number of sulfone groups is 1. The van der Waals surface area contributed by atoms with Crippen molar-refractivity contribution >= 4 is 27.3 Å². The number of hydrogen-bond acceptors (Lipinski definition) is 7. The molecule has 3 aliphatic heterocycles. The van der Waals surface area contributed by atoms with Crippen molar-refractivity contribution in [3.05, 3.63) is 40.5 Å². The number of nitrogens with one attached hydrogen (secondary N) is 2. The third-order valence-corrected chi connectivity index (χ3v) is 12.0. The highest BCUT2D eigenvalue weighted by Gasteiger charge is 2.43. The molecule has 1 saturated carbocycles. The Morgan fingerprint density at radius 1 is 1.04 bits per heavy atom. The van der Waals surface area contributed by atoms with Gasteiger partial charge in [-0.25, -0.2) is 21.6 Å². The van der Waals surface area contributed by atoms with E-state index in [-0.39, 0.29) is 85.5 Å². The highest BCUT2D eigenvalue weighted by Crippen LogP contribution is 2.44. The molecule has 1 aromatic heterocycles. The normalized spacial score (nSPS) is 25.0. The molecule has 0 spiro atoms. The molecule has 10 nitrogen and oxygen atoms in total. The van der Waals surface area contributed by atoms with E-state index < -0.39 is 32.9 Å². The van der Waals surface area contributed by atoms with Gasteiger partial charge in [0.1, 0.15) is 5.82 Å². The number of aromatic nitrogens is 1. The van der Waals surface area contributed by atoms with Crippen molar-refractivity contribution in [3.8, 4) is 5.69 Å². The molecular weight excluding hydrogens is 623 g/mol. The number of benzene rings is 1. The zero-order valence-electron chi connectivity index (χ0n) is 26.3. The predicted molar refractivity (Wildman–Crippen MR) is 165 cm³/mol. The third kappa shape index (κ3) is 6.66. The van der Waals surface area contributed by atoms with Gasteiger partial charge in [0, 0.05) is 62.2 Å². The lowest BCUT2D eigenvalue weighted by atomic mass is 9.89. The summed E-state index contributed by atoms with van der Waals surface area (Å²) < 4.78 is 76.6. The molecular formula is C32H42F3N5O5S. The largest absolute Gasteiger partial charge is 0.382 e. The highest BCUT2D eigenvalue weighted by molar-refractivity contribution is 7.91. The van der Waals surface area contributed by atoms with E-state index in [4.69, 9.17) is 10.5 Å².